The molecular formula is C25H28N4O4. The predicted molar refractivity (Wildman–Crippen MR) is 123 cm³/mol. The van der Waals surface area contributed by atoms with Gasteiger partial charge in [0.25, 0.3) is 5.91 Å². The highest BCUT2D eigenvalue weighted by Gasteiger charge is 2.55. The number of carbonyl (C=O) groups is 3. The van der Waals surface area contributed by atoms with E-state index in [1.165, 1.54) is 0 Å². The summed E-state index contributed by atoms with van der Waals surface area (Å²) in [6.07, 6.45) is 2.08. The van der Waals surface area contributed by atoms with Gasteiger partial charge in [-0.05, 0) is 54.7 Å². The zero-order valence-corrected chi connectivity index (χ0v) is 18.8. The van der Waals surface area contributed by atoms with E-state index in [1.807, 2.05) is 48.5 Å². The molecule has 1 spiro atoms. The largest absolute Gasteiger partial charge is 0.497 e. The summed E-state index contributed by atoms with van der Waals surface area (Å²) in [6.45, 7) is 2.44. The van der Waals surface area contributed by atoms with Crippen molar-refractivity contribution in [1.82, 2.24) is 15.1 Å². The molecule has 1 N–H and O–H groups in total. The van der Waals surface area contributed by atoms with Crippen LogP contribution in [0.4, 0.5) is 10.5 Å². The van der Waals surface area contributed by atoms with E-state index in [0.29, 0.717) is 26.1 Å². The Kier molecular flexibility index (Phi) is 5.44. The van der Waals surface area contributed by atoms with E-state index >= 15 is 0 Å². The summed E-state index contributed by atoms with van der Waals surface area (Å²) in [7, 11) is 1.64. The van der Waals surface area contributed by atoms with Crippen LogP contribution in [0.2, 0.25) is 0 Å². The molecule has 1 atom stereocenters. The number of hydrogen-bond donors (Lipinski definition) is 1. The topological polar surface area (TPSA) is 82.2 Å². The van der Waals surface area contributed by atoms with Crippen molar-refractivity contribution in [2.24, 2.45) is 0 Å². The first-order valence-electron chi connectivity index (χ1n) is 11.4. The average molecular weight is 449 g/mol. The molecule has 33 heavy (non-hydrogen) atoms. The van der Waals surface area contributed by atoms with Gasteiger partial charge in [-0.3, -0.25) is 14.5 Å². The minimum absolute atomic E-state index is 0.196. The summed E-state index contributed by atoms with van der Waals surface area (Å²) < 4.78 is 5.23. The molecule has 0 radical (unpaired) electrons. The molecule has 1 aliphatic carbocycles. The van der Waals surface area contributed by atoms with Crippen molar-refractivity contribution in [3.05, 3.63) is 59.7 Å². The number of methoxy groups -OCH3 is 1. The van der Waals surface area contributed by atoms with Gasteiger partial charge in [0.1, 0.15) is 17.8 Å². The monoisotopic (exact) mass is 448 g/mol. The van der Waals surface area contributed by atoms with Gasteiger partial charge in [-0.25, -0.2) is 4.79 Å². The van der Waals surface area contributed by atoms with Crippen LogP contribution >= 0.6 is 0 Å². The number of fused-ring (bicyclic) bond motifs is 2. The van der Waals surface area contributed by atoms with Crippen molar-refractivity contribution in [3.8, 4) is 5.75 Å². The smallest absolute Gasteiger partial charge is 0.325 e. The fourth-order valence-corrected chi connectivity index (χ4v) is 5.19. The van der Waals surface area contributed by atoms with E-state index in [0.717, 1.165) is 46.9 Å². The van der Waals surface area contributed by atoms with Crippen LogP contribution in [0.1, 0.15) is 24.0 Å². The Morgan fingerprint density at radius 1 is 1.03 bits per heavy atom. The van der Waals surface area contributed by atoms with Crippen LogP contribution in [0, 0.1) is 0 Å². The number of urea groups is 1. The number of aryl methyl sites for hydroxylation is 1. The zero-order valence-electron chi connectivity index (χ0n) is 18.8. The summed E-state index contributed by atoms with van der Waals surface area (Å²) in [5.74, 6) is 0.292. The summed E-state index contributed by atoms with van der Waals surface area (Å²) in [5, 5.41) is 2.89. The van der Waals surface area contributed by atoms with Gasteiger partial charge >= 0.3 is 6.03 Å². The van der Waals surface area contributed by atoms with Crippen LogP contribution in [-0.4, -0.2) is 67.5 Å². The Morgan fingerprint density at radius 2 is 1.82 bits per heavy atom. The predicted octanol–water partition coefficient (Wildman–Crippen LogP) is 2.13. The summed E-state index contributed by atoms with van der Waals surface area (Å²) in [4.78, 5) is 44.3. The summed E-state index contributed by atoms with van der Waals surface area (Å²) >= 11 is 0. The lowest BCUT2D eigenvalue weighted by atomic mass is 9.92. The Labute approximate surface area is 193 Å². The first kappa shape index (κ1) is 21.3. The highest BCUT2D eigenvalue weighted by atomic mass is 16.5. The Morgan fingerprint density at radius 3 is 2.61 bits per heavy atom. The zero-order chi connectivity index (χ0) is 23.0. The van der Waals surface area contributed by atoms with Gasteiger partial charge in [-0.2, -0.15) is 0 Å². The fourth-order valence-electron chi connectivity index (χ4n) is 5.19. The molecule has 0 saturated carbocycles. The minimum atomic E-state index is -1.03. The van der Waals surface area contributed by atoms with E-state index in [-0.39, 0.29) is 18.4 Å². The van der Waals surface area contributed by atoms with Crippen LogP contribution in [-0.2, 0) is 21.5 Å². The molecule has 0 aromatic heterocycles. The van der Waals surface area contributed by atoms with Gasteiger partial charge < -0.3 is 19.9 Å². The number of amides is 4. The second-order valence-electron chi connectivity index (χ2n) is 8.80. The second kappa shape index (κ2) is 8.42. The maximum absolute atomic E-state index is 13.3. The minimum Gasteiger partial charge on any atom is -0.497 e. The molecule has 8 heteroatoms. The molecule has 2 fully saturated rings. The van der Waals surface area contributed by atoms with E-state index in [9.17, 15) is 14.4 Å². The first-order valence-corrected chi connectivity index (χ1v) is 11.4. The number of rotatable bonds is 4. The van der Waals surface area contributed by atoms with E-state index in [2.05, 4.69) is 10.2 Å². The van der Waals surface area contributed by atoms with E-state index in [4.69, 9.17) is 4.74 Å². The Hall–Kier alpha value is -3.55. The van der Waals surface area contributed by atoms with Crippen molar-refractivity contribution in [1.29, 1.82) is 0 Å². The van der Waals surface area contributed by atoms with Gasteiger partial charge in [0.2, 0.25) is 5.91 Å². The molecule has 4 amide bonds. The number of carbonyl (C=O) groups excluding carboxylic acids is 3. The van der Waals surface area contributed by atoms with E-state index in [1.54, 1.807) is 12.0 Å². The number of anilines is 1. The number of nitrogens with one attached hydrogen (secondary N) is 1. The molecule has 0 bridgehead atoms. The molecule has 8 nitrogen and oxygen atoms in total. The molecule has 2 heterocycles. The van der Waals surface area contributed by atoms with Crippen molar-refractivity contribution in [2.75, 3.05) is 44.7 Å². The van der Waals surface area contributed by atoms with Crippen LogP contribution in [0.15, 0.2) is 48.5 Å². The van der Waals surface area contributed by atoms with Crippen molar-refractivity contribution >= 4 is 23.5 Å². The van der Waals surface area contributed by atoms with Crippen molar-refractivity contribution < 1.29 is 19.1 Å². The number of imide groups is 1. The molecule has 172 valence electrons. The van der Waals surface area contributed by atoms with Gasteiger partial charge in [-0.1, -0.05) is 24.3 Å². The van der Waals surface area contributed by atoms with Crippen molar-refractivity contribution in [3.63, 3.8) is 0 Å². The molecule has 2 saturated heterocycles. The third kappa shape index (κ3) is 3.69. The van der Waals surface area contributed by atoms with E-state index < -0.39 is 11.6 Å². The SMILES string of the molecule is COc1ccc(N2CCCN(C(=O)CN3C(=O)NC4(CCc5ccccc54)C3=O)CC2)cc1. The molecule has 5 rings (SSSR count). The highest BCUT2D eigenvalue weighted by Crippen LogP contribution is 2.41. The second-order valence-corrected chi connectivity index (χ2v) is 8.80. The van der Waals surface area contributed by atoms with Gasteiger partial charge in [0, 0.05) is 31.9 Å². The first-order chi connectivity index (χ1) is 16.0. The quantitative estimate of drug-likeness (QED) is 0.725. The normalized spacial score (nSPS) is 22.4. The van der Waals surface area contributed by atoms with Crippen LogP contribution in [0.3, 0.4) is 0 Å². The Bertz CT molecular complexity index is 1090. The fraction of sp³-hybridized carbons (Fsp3) is 0.400. The highest BCUT2D eigenvalue weighted by molar-refractivity contribution is 6.09. The third-order valence-electron chi connectivity index (χ3n) is 7.00. The van der Waals surface area contributed by atoms with Gasteiger partial charge in [-0.15, -0.1) is 0 Å². The number of benzene rings is 2. The summed E-state index contributed by atoms with van der Waals surface area (Å²) in [6, 6.07) is 15.1. The van der Waals surface area contributed by atoms with Crippen LogP contribution < -0.4 is 15.0 Å². The standard InChI is InChI=1S/C25H28N4O4/c1-33-20-9-7-19(8-10-20)27-13-4-14-28(16-15-27)22(30)17-29-23(31)25(26-24(29)32)12-11-18-5-2-3-6-21(18)25/h2-3,5-10H,4,11-17H2,1H3,(H,26,32). The van der Waals surface area contributed by atoms with Crippen molar-refractivity contribution in [2.45, 2.75) is 24.8 Å². The average Bonchev–Trinajstić information content (AvgIpc) is 3.18. The molecule has 2 aliphatic heterocycles. The molecular weight excluding hydrogens is 420 g/mol. The molecule has 2 aromatic carbocycles. The maximum Gasteiger partial charge on any atom is 0.325 e. The lowest BCUT2D eigenvalue weighted by Crippen LogP contribution is -2.45. The van der Waals surface area contributed by atoms with Crippen LogP contribution in [0.5, 0.6) is 5.75 Å². The number of nitrogens with zero attached hydrogens (tertiary/aromatic N) is 3. The van der Waals surface area contributed by atoms with Crippen LogP contribution in [0.25, 0.3) is 0 Å². The maximum atomic E-state index is 13.3. The lowest BCUT2D eigenvalue weighted by Gasteiger charge is -2.25. The summed E-state index contributed by atoms with van der Waals surface area (Å²) in [5.41, 5.74) is 1.98. The molecule has 1 unspecified atom stereocenters. The van der Waals surface area contributed by atoms with Gasteiger partial charge in [0.15, 0.2) is 0 Å². The van der Waals surface area contributed by atoms with Gasteiger partial charge in [0.05, 0.1) is 7.11 Å². The lowest BCUT2D eigenvalue weighted by molar-refractivity contribution is -0.139. The number of hydrogen-bond acceptors (Lipinski definition) is 5. The third-order valence-corrected chi connectivity index (χ3v) is 7.00. The molecule has 3 aliphatic rings. The molecule has 2 aromatic rings. The Balaban J connectivity index is 1.24. The number of ether oxygens (including phenoxy) is 1.